The van der Waals surface area contributed by atoms with Gasteiger partial charge >= 0.3 is 0 Å². The molecule has 0 fully saturated rings. The van der Waals surface area contributed by atoms with Crippen molar-refractivity contribution in [1.29, 1.82) is 0 Å². The first-order valence-electron chi connectivity index (χ1n) is 5.65. The average Bonchev–Trinajstić information content (AvgIpc) is 2.30. The first-order chi connectivity index (χ1) is 7.60. The zero-order valence-corrected chi connectivity index (χ0v) is 10.5. The van der Waals surface area contributed by atoms with Crippen molar-refractivity contribution in [1.82, 2.24) is 4.90 Å². The summed E-state index contributed by atoms with van der Waals surface area (Å²) < 4.78 is 5.09. The van der Waals surface area contributed by atoms with Gasteiger partial charge in [0.1, 0.15) is 0 Å². The maximum Gasteiger partial charge on any atom is 0.162 e. The van der Waals surface area contributed by atoms with Crippen LogP contribution < -0.4 is 4.74 Å². The van der Waals surface area contributed by atoms with Gasteiger partial charge in [-0.1, -0.05) is 19.1 Å². The summed E-state index contributed by atoms with van der Waals surface area (Å²) in [6, 6.07) is 6.10. The van der Waals surface area contributed by atoms with Crippen LogP contribution >= 0.6 is 0 Å². The Hall–Kier alpha value is -1.22. The predicted molar refractivity (Wildman–Crippen MR) is 65.9 cm³/mol. The number of hydrogen-bond donors (Lipinski definition) is 1. The highest BCUT2D eigenvalue weighted by molar-refractivity contribution is 5.45. The van der Waals surface area contributed by atoms with Gasteiger partial charge in [-0.2, -0.15) is 0 Å². The van der Waals surface area contributed by atoms with Crippen LogP contribution in [0.15, 0.2) is 18.2 Å². The highest BCUT2D eigenvalue weighted by Crippen LogP contribution is 2.30. The van der Waals surface area contributed by atoms with E-state index in [9.17, 15) is 5.11 Å². The zero-order chi connectivity index (χ0) is 12.1. The van der Waals surface area contributed by atoms with Gasteiger partial charge in [-0.05, 0) is 26.5 Å². The molecule has 0 aromatic heterocycles. The van der Waals surface area contributed by atoms with Crippen LogP contribution in [0.25, 0.3) is 0 Å². The van der Waals surface area contributed by atoms with Gasteiger partial charge in [0.05, 0.1) is 7.11 Å². The van der Waals surface area contributed by atoms with E-state index in [0.29, 0.717) is 11.8 Å². The molecule has 1 unspecified atom stereocenters. The van der Waals surface area contributed by atoms with Crippen molar-refractivity contribution >= 4 is 0 Å². The molecular weight excluding hydrogens is 202 g/mol. The summed E-state index contributed by atoms with van der Waals surface area (Å²) in [4.78, 5) is 2.22. The molecule has 1 atom stereocenters. The molecule has 0 saturated heterocycles. The molecule has 0 amide bonds. The van der Waals surface area contributed by atoms with E-state index in [0.717, 1.165) is 18.5 Å². The second kappa shape index (κ2) is 5.75. The summed E-state index contributed by atoms with van der Waals surface area (Å²) in [6.07, 6.45) is 1.10. The lowest BCUT2D eigenvalue weighted by Crippen LogP contribution is -2.27. The van der Waals surface area contributed by atoms with Crippen LogP contribution in [0, 0.1) is 0 Å². The molecule has 90 valence electrons. The Kier molecular flexibility index (Phi) is 4.62. The van der Waals surface area contributed by atoms with Crippen molar-refractivity contribution in [3.63, 3.8) is 0 Å². The zero-order valence-electron chi connectivity index (χ0n) is 10.5. The van der Waals surface area contributed by atoms with E-state index in [1.807, 2.05) is 12.1 Å². The van der Waals surface area contributed by atoms with E-state index < -0.39 is 0 Å². The van der Waals surface area contributed by atoms with Gasteiger partial charge in [-0.3, -0.25) is 4.90 Å². The molecule has 0 radical (unpaired) electrons. The number of methoxy groups -OCH3 is 1. The van der Waals surface area contributed by atoms with Crippen molar-refractivity contribution in [2.45, 2.75) is 32.9 Å². The molecule has 0 aliphatic rings. The summed E-state index contributed by atoms with van der Waals surface area (Å²) >= 11 is 0. The number of ether oxygens (including phenoxy) is 1. The molecule has 0 heterocycles. The van der Waals surface area contributed by atoms with Crippen LogP contribution in [-0.2, 0) is 6.54 Å². The highest BCUT2D eigenvalue weighted by atomic mass is 16.5. The van der Waals surface area contributed by atoms with Gasteiger partial charge in [0.2, 0.25) is 0 Å². The topological polar surface area (TPSA) is 32.7 Å². The smallest absolute Gasteiger partial charge is 0.162 e. The van der Waals surface area contributed by atoms with Crippen LogP contribution in [0.1, 0.15) is 25.8 Å². The minimum atomic E-state index is 0.250. The molecule has 0 saturated carbocycles. The van der Waals surface area contributed by atoms with Crippen LogP contribution in [-0.4, -0.2) is 30.2 Å². The van der Waals surface area contributed by atoms with Crippen LogP contribution in [0.3, 0.4) is 0 Å². The SMILES string of the molecule is CCC(C)N(C)Cc1cccc(OC)c1O. The highest BCUT2D eigenvalue weighted by Gasteiger charge is 2.12. The first-order valence-corrected chi connectivity index (χ1v) is 5.65. The fraction of sp³-hybridized carbons (Fsp3) is 0.538. The molecular formula is C13H21NO2. The summed E-state index contributed by atoms with van der Waals surface area (Å²) in [6.45, 7) is 5.07. The molecule has 3 heteroatoms. The van der Waals surface area contributed by atoms with Gasteiger partial charge in [0.15, 0.2) is 11.5 Å². The quantitative estimate of drug-likeness (QED) is 0.833. The fourth-order valence-electron chi connectivity index (χ4n) is 1.60. The Morgan fingerprint density at radius 1 is 1.44 bits per heavy atom. The summed E-state index contributed by atoms with van der Waals surface area (Å²) in [5.41, 5.74) is 0.905. The maximum atomic E-state index is 9.94. The molecule has 1 rings (SSSR count). The molecule has 0 aliphatic carbocycles. The number of aromatic hydroxyl groups is 1. The lowest BCUT2D eigenvalue weighted by Gasteiger charge is -2.24. The number of nitrogens with zero attached hydrogens (tertiary/aromatic N) is 1. The Morgan fingerprint density at radius 2 is 2.12 bits per heavy atom. The third-order valence-electron chi connectivity index (χ3n) is 3.07. The molecule has 0 spiro atoms. The molecule has 1 N–H and O–H groups in total. The van der Waals surface area contributed by atoms with Gasteiger partial charge in [-0.25, -0.2) is 0 Å². The fourth-order valence-corrected chi connectivity index (χ4v) is 1.60. The summed E-state index contributed by atoms with van der Waals surface area (Å²) in [5, 5.41) is 9.94. The predicted octanol–water partition coefficient (Wildman–Crippen LogP) is 2.63. The Bertz CT molecular complexity index is 339. The molecule has 1 aromatic carbocycles. The lowest BCUT2D eigenvalue weighted by molar-refractivity contribution is 0.240. The molecule has 3 nitrogen and oxygen atoms in total. The Balaban J connectivity index is 2.81. The van der Waals surface area contributed by atoms with Crippen molar-refractivity contribution in [2.24, 2.45) is 0 Å². The number of phenols is 1. The van der Waals surface area contributed by atoms with Crippen LogP contribution in [0.5, 0.6) is 11.5 Å². The minimum Gasteiger partial charge on any atom is -0.504 e. The maximum absolute atomic E-state index is 9.94. The van der Waals surface area contributed by atoms with Gasteiger partial charge in [0.25, 0.3) is 0 Å². The van der Waals surface area contributed by atoms with Crippen LogP contribution in [0.2, 0.25) is 0 Å². The third-order valence-corrected chi connectivity index (χ3v) is 3.07. The van der Waals surface area contributed by atoms with E-state index in [2.05, 4.69) is 25.8 Å². The largest absolute Gasteiger partial charge is 0.504 e. The standard InChI is InChI=1S/C13H21NO2/c1-5-10(2)14(3)9-11-7-6-8-12(16-4)13(11)15/h6-8,10,15H,5,9H2,1-4H3. The monoisotopic (exact) mass is 223 g/mol. The third kappa shape index (κ3) is 2.89. The van der Waals surface area contributed by atoms with E-state index >= 15 is 0 Å². The van der Waals surface area contributed by atoms with Gasteiger partial charge in [-0.15, -0.1) is 0 Å². The second-order valence-electron chi connectivity index (χ2n) is 4.14. The Labute approximate surface area is 97.7 Å². The van der Waals surface area contributed by atoms with Crippen molar-refractivity contribution < 1.29 is 9.84 Å². The molecule has 0 bridgehead atoms. The van der Waals surface area contributed by atoms with E-state index in [1.54, 1.807) is 13.2 Å². The van der Waals surface area contributed by atoms with E-state index in [1.165, 1.54) is 0 Å². The number of para-hydroxylation sites is 1. The number of rotatable bonds is 5. The normalized spacial score (nSPS) is 12.8. The molecule has 1 aromatic rings. The van der Waals surface area contributed by atoms with E-state index in [4.69, 9.17) is 4.74 Å². The minimum absolute atomic E-state index is 0.250. The Morgan fingerprint density at radius 3 is 2.69 bits per heavy atom. The molecule has 16 heavy (non-hydrogen) atoms. The first kappa shape index (κ1) is 12.8. The summed E-state index contributed by atoms with van der Waals surface area (Å²) in [5.74, 6) is 0.787. The van der Waals surface area contributed by atoms with E-state index in [-0.39, 0.29) is 5.75 Å². The van der Waals surface area contributed by atoms with Crippen molar-refractivity contribution in [3.8, 4) is 11.5 Å². The van der Waals surface area contributed by atoms with Crippen LogP contribution in [0.4, 0.5) is 0 Å². The number of hydrogen-bond acceptors (Lipinski definition) is 3. The molecule has 0 aliphatic heterocycles. The van der Waals surface area contributed by atoms with Crippen molar-refractivity contribution in [3.05, 3.63) is 23.8 Å². The van der Waals surface area contributed by atoms with Gasteiger partial charge in [0, 0.05) is 18.2 Å². The number of phenolic OH excluding ortho intramolecular Hbond substituents is 1. The number of benzene rings is 1. The summed E-state index contributed by atoms with van der Waals surface area (Å²) in [7, 11) is 3.63. The second-order valence-corrected chi connectivity index (χ2v) is 4.14. The lowest BCUT2D eigenvalue weighted by atomic mass is 10.1. The van der Waals surface area contributed by atoms with Crippen molar-refractivity contribution in [2.75, 3.05) is 14.2 Å². The van der Waals surface area contributed by atoms with Gasteiger partial charge < -0.3 is 9.84 Å². The average molecular weight is 223 g/mol.